The number of carbonyl (C=O) groups excluding carboxylic acids is 1. The van der Waals surface area contributed by atoms with Crippen LogP contribution in [0.1, 0.15) is 30.2 Å². The number of halogens is 1. The Labute approximate surface area is 173 Å². The third kappa shape index (κ3) is 4.67. The van der Waals surface area contributed by atoms with Crippen molar-refractivity contribution in [3.8, 4) is 0 Å². The molecule has 6 nitrogen and oxygen atoms in total. The minimum absolute atomic E-state index is 0.0931. The molecule has 0 radical (unpaired) electrons. The Bertz CT molecular complexity index is 1040. The van der Waals surface area contributed by atoms with Crippen molar-refractivity contribution in [3.05, 3.63) is 70.4 Å². The van der Waals surface area contributed by atoms with Crippen molar-refractivity contribution in [2.45, 2.75) is 25.6 Å². The zero-order valence-electron chi connectivity index (χ0n) is 16.1. The summed E-state index contributed by atoms with van der Waals surface area (Å²) < 4.78 is 10.9. The molecule has 3 aromatic rings. The maximum Gasteiger partial charge on any atom is 0.245 e. The third-order valence-corrected chi connectivity index (χ3v) is 5.14. The summed E-state index contributed by atoms with van der Waals surface area (Å²) in [5.74, 6) is -1.13. The molecule has 0 unspecified atom stereocenters. The topological polar surface area (TPSA) is 75.7 Å². The maximum absolute atomic E-state index is 12.2. The number of aromatic amines is 1. The number of nitrogens with zero attached hydrogens (tertiary/aromatic N) is 1. The van der Waals surface area contributed by atoms with Gasteiger partial charge in [-0.15, -0.1) is 0 Å². The van der Waals surface area contributed by atoms with E-state index in [-0.39, 0.29) is 12.3 Å². The first-order chi connectivity index (χ1) is 14.0. The van der Waals surface area contributed by atoms with Gasteiger partial charge in [0, 0.05) is 33.6 Å². The van der Waals surface area contributed by atoms with E-state index in [2.05, 4.69) is 15.5 Å². The zero-order valence-corrected chi connectivity index (χ0v) is 16.8. The number of rotatable bonds is 6. The second kappa shape index (κ2) is 8.37. The SMILES string of the molecule is CC1(CC(=O)NN=Cc2c(Cc3ccc(Cl)cc3)[nH]c3ccccc23)OCCO1. The maximum atomic E-state index is 12.2. The normalized spacial score (nSPS) is 15.9. The van der Waals surface area contributed by atoms with Gasteiger partial charge in [-0.2, -0.15) is 5.10 Å². The monoisotopic (exact) mass is 411 g/mol. The molecule has 2 aromatic carbocycles. The summed E-state index contributed by atoms with van der Waals surface area (Å²) >= 11 is 5.99. The van der Waals surface area contributed by atoms with E-state index in [9.17, 15) is 4.79 Å². The number of ether oxygens (including phenoxy) is 2. The van der Waals surface area contributed by atoms with Gasteiger partial charge in [-0.3, -0.25) is 4.79 Å². The van der Waals surface area contributed by atoms with E-state index in [1.807, 2.05) is 48.5 Å². The molecule has 7 heteroatoms. The van der Waals surface area contributed by atoms with Crippen molar-refractivity contribution in [2.24, 2.45) is 5.10 Å². The minimum atomic E-state index is -0.875. The van der Waals surface area contributed by atoms with Crippen molar-refractivity contribution in [3.63, 3.8) is 0 Å². The molecular formula is C22H22ClN3O3. The van der Waals surface area contributed by atoms with Crippen molar-refractivity contribution in [1.29, 1.82) is 0 Å². The molecule has 1 aromatic heterocycles. The Morgan fingerprint density at radius 2 is 1.93 bits per heavy atom. The van der Waals surface area contributed by atoms with Gasteiger partial charge in [0.1, 0.15) is 0 Å². The highest BCUT2D eigenvalue weighted by Crippen LogP contribution is 2.24. The fourth-order valence-corrected chi connectivity index (χ4v) is 3.60. The van der Waals surface area contributed by atoms with Crippen molar-refractivity contribution in [1.82, 2.24) is 10.4 Å². The average Bonchev–Trinajstić information content (AvgIpc) is 3.27. The van der Waals surface area contributed by atoms with E-state index in [1.54, 1.807) is 13.1 Å². The van der Waals surface area contributed by atoms with Gasteiger partial charge in [-0.25, -0.2) is 5.43 Å². The highest BCUT2D eigenvalue weighted by atomic mass is 35.5. The van der Waals surface area contributed by atoms with E-state index in [0.29, 0.717) is 24.7 Å². The molecule has 4 rings (SSSR count). The number of amides is 1. The van der Waals surface area contributed by atoms with Crippen LogP contribution in [0.15, 0.2) is 53.6 Å². The van der Waals surface area contributed by atoms with Crippen LogP contribution in [0, 0.1) is 0 Å². The first kappa shape index (κ1) is 19.6. The summed E-state index contributed by atoms with van der Waals surface area (Å²) in [6.45, 7) is 2.75. The fourth-order valence-electron chi connectivity index (χ4n) is 3.47. The van der Waals surface area contributed by atoms with Gasteiger partial charge < -0.3 is 14.5 Å². The minimum Gasteiger partial charge on any atom is -0.358 e. The van der Waals surface area contributed by atoms with Crippen molar-refractivity contribution >= 4 is 34.6 Å². The molecule has 29 heavy (non-hydrogen) atoms. The first-order valence-corrected chi connectivity index (χ1v) is 9.84. The van der Waals surface area contributed by atoms with Gasteiger partial charge in [-0.1, -0.05) is 41.9 Å². The van der Waals surface area contributed by atoms with E-state index in [1.165, 1.54) is 0 Å². The Morgan fingerprint density at radius 1 is 1.21 bits per heavy atom. The lowest BCUT2D eigenvalue weighted by Crippen LogP contribution is -2.33. The first-order valence-electron chi connectivity index (χ1n) is 9.46. The highest BCUT2D eigenvalue weighted by Gasteiger charge is 2.33. The van der Waals surface area contributed by atoms with Crippen LogP contribution in [0.3, 0.4) is 0 Å². The molecule has 1 aliphatic rings. The number of carbonyl (C=O) groups is 1. The zero-order chi connectivity index (χ0) is 20.3. The van der Waals surface area contributed by atoms with Gasteiger partial charge >= 0.3 is 0 Å². The standard InChI is InChI=1S/C22H22ClN3O3/c1-22(28-10-11-29-22)13-21(27)26-24-14-18-17-4-2-3-5-19(17)25-20(18)12-15-6-8-16(23)9-7-15/h2-9,14,25H,10-13H2,1H3,(H,26,27). The van der Waals surface area contributed by atoms with Crippen LogP contribution in [-0.4, -0.2) is 36.1 Å². The molecule has 1 saturated heterocycles. The van der Waals surface area contributed by atoms with Gasteiger partial charge in [-0.05, 0) is 30.7 Å². The summed E-state index contributed by atoms with van der Waals surface area (Å²) in [6, 6.07) is 15.8. The summed E-state index contributed by atoms with van der Waals surface area (Å²) in [6.07, 6.45) is 2.47. The molecule has 1 amide bonds. The van der Waals surface area contributed by atoms with E-state index < -0.39 is 5.79 Å². The number of nitrogens with one attached hydrogen (secondary N) is 2. The molecular weight excluding hydrogens is 390 g/mol. The van der Waals surface area contributed by atoms with Gasteiger partial charge in [0.15, 0.2) is 5.79 Å². The van der Waals surface area contributed by atoms with Gasteiger partial charge in [0.2, 0.25) is 5.91 Å². The molecule has 2 heterocycles. The van der Waals surface area contributed by atoms with Crippen LogP contribution < -0.4 is 5.43 Å². The smallest absolute Gasteiger partial charge is 0.245 e. The number of para-hydroxylation sites is 1. The number of H-pyrrole nitrogens is 1. The Balaban J connectivity index is 1.53. The molecule has 2 N–H and O–H groups in total. The Morgan fingerprint density at radius 3 is 2.69 bits per heavy atom. The Hall–Kier alpha value is -2.67. The largest absolute Gasteiger partial charge is 0.358 e. The predicted octanol–water partition coefficient (Wildman–Crippen LogP) is 4.02. The average molecular weight is 412 g/mol. The molecule has 0 saturated carbocycles. The van der Waals surface area contributed by atoms with Crippen LogP contribution in [0.5, 0.6) is 0 Å². The number of hydrogen-bond donors (Lipinski definition) is 2. The number of hydrazone groups is 1. The number of fused-ring (bicyclic) bond motifs is 1. The fraction of sp³-hybridized carbons (Fsp3) is 0.273. The molecule has 0 atom stereocenters. The van der Waals surface area contributed by atoms with E-state index >= 15 is 0 Å². The van der Waals surface area contributed by atoms with E-state index in [4.69, 9.17) is 21.1 Å². The molecule has 0 bridgehead atoms. The Kier molecular flexibility index (Phi) is 5.67. The van der Waals surface area contributed by atoms with Gasteiger partial charge in [0.05, 0.1) is 25.8 Å². The van der Waals surface area contributed by atoms with Crippen LogP contribution >= 0.6 is 11.6 Å². The number of aromatic nitrogens is 1. The second-order valence-electron chi connectivity index (χ2n) is 7.17. The molecule has 0 aliphatic carbocycles. The third-order valence-electron chi connectivity index (χ3n) is 4.88. The van der Waals surface area contributed by atoms with E-state index in [0.717, 1.165) is 27.7 Å². The lowest BCUT2D eigenvalue weighted by atomic mass is 10.1. The summed E-state index contributed by atoms with van der Waals surface area (Å²) in [4.78, 5) is 15.7. The predicted molar refractivity (Wildman–Crippen MR) is 113 cm³/mol. The van der Waals surface area contributed by atoms with Crippen LogP contribution in [0.25, 0.3) is 10.9 Å². The summed E-state index contributed by atoms with van der Waals surface area (Å²) in [5, 5.41) is 5.93. The van der Waals surface area contributed by atoms with Crippen LogP contribution in [-0.2, 0) is 20.7 Å². The van der Waals surface area contributed by atoms with Crippen molar-refractivity contribution < 1.29 is 14.3 Å². The second-order valence-corrected chi connectivity index (χ2v) is 7.60. The molecule has 150 valence electrons. The van der Waals surface area contributed by atoms with Crippen LogP contribution in [0.4, 0.5) is 0 Å². The number of benzene rings is 2. The lowest BCUT2D eigenvalue weighted by Gasteiger charge is -2.20. The molecule has 0 spiro atoms. The van der Waals surface area contributed by atoms with Gasteiger partial charge in [0.25, 0.3) is 0 Å². The highest BCUT2D eigenvalue weighted by molar-refractivity contribution is 6.30. The quantitative estimate of drug-likeness (QED) is 0.475. The number of hydrogen-bond acceptors (Lipinski definition) is 4. The lowest BCUT2D eigenvalue weighted by molar-refractivity contribution is -0.159. The van der Waals surface area contributed by atoms with Crippen molar-refractivity contribution in [2.75, 3.05) is 13.2 Å². The molecule has 1 fully saturated rings. The summed E-state index contributed by atoms with van der Waals surface area (Å²) in [5.41, 5.74) is 6.68. The molecule has 1 aliphatic heterocycles. The van der Waals surface area contributed by atoms with Crippen LogP contribution in [0.2, 0.25) is 5.02 Å². The summed E-state index contributed by atoms with van der Waals surface area (Å²) in [7, 11) is 0.